The molecule has 1 saturated heterocycles. The standard InChI is InChI=1S/C28H33N5O4S/c1-30-11-3-5-24(30)23-19-25(21-7-9-22(36-2)10-8-21)33(29-23)27(34)20-32(28(35)26-6-4-18-38-26)13-12-31-14-16-37-17-15-31/h3-11,18,25H,12-17,19-20H2,1-2H3. The molecule has 9 nitrogen and oxygen atoms in total. The quantitative estimate of drug-likeness (QED) is 0.420. The van der Waals surface area contributed by atoms with Gasteiger partial charge < -0.3 is 18.9 Å². The van der Waals surface area contributed by atoms with E-state index in [0.717, 1.165) is 35.8 Å². The normalized spacial score (nSPS) is 17.9. The maximum Gasteiger partial charge on any atom is 0.264 e. The molecule has 1 aromatic carbocycles. The Balaban J connectivity index is 1.39. The first-order valence-electron chi connectivity index (χ1n) is 12.8. The summed E-state index contributed by atoms with van der Waals surface area (Å²) in [6.07, 6.45) is 2.56. The molecular formula is C28H33N5O4S. The lowest BCUT2D eigenvalue weighted by molar-refractivity contribution is -0.133. The van der Waals surface area contributed by atoms with E-state index >= 15 is 0 Å². The number of hydrazone groups is 1. The Kier molecular flexibility index (Phi) is 8.21. The number of hydrogen-bond acceptors (Lipinski definition) is 7. The largest absolute Gasteiger partial charge is 0.497 e. The Labute approximate surface area is 226 Å². The zero-order chi connectivity index (χ0) is 26.5. The number of rotatable bonds is 9. The lowest BCUT2D eigenvalue weighted by atomic mass is 10.0. The average Bonchev–Trinajstić information content (AvgIpc) is 3.72. The van der Waals surface area contributed by atoms with Crippen molar-refractivity contribution >= 4 is 28.9 Å². The van der Waals surface area contributed by atoms with Crippen molar-refractivity contribution in [2.45, 2.75) is 12.5 Å². The van der Waals surface area contributed by atoms with Crippen LogP contribution in [0, 0.1) is 0 Å². The second-order valence-electron chi connectivity index (χ2n) is 9.44. The predicted octanol–water partition coefficient (Wildman–Crippen LogP) is 3.25. The van der Waals surface area contributed by atoms with E-state index in [9.17, 15) is 9.59 Å². The van der Waals surface area contributed by atoms with Crippen molar-refractivity contribution in [1.82, 2.24) is 19.4 Å². The van der Waals surface area contributed by atoms with Crippen molar-refractivity contribution in [2.75, 3.05) is 53.0 Å². The molecule has 4 heterocycles. The molecule has 2 aliphatic heterocycles. The predicted molar refractivity (Wildman–Crippen MR) is 147 cm³/mol. The molecule has 2 aromatic heterocycles. The Morgan fingerprint density at radius 2 is 1.92 bits per heavy atom. The van der Waals surface area contributed by atoms with Gasteiger partial charge in [0.2, 0.25) is 0 Å². The highest BCUT2D eigenvalue weighted by molar-refractivity contribution is 7.12. The number of hydrogen-bond donors (Lipinski definition) is 0. The summed E-state index contributed by atoms with van der Waals surface area (Å²) in [5.74, 6) is 0.416. The van der Waals surface area contributed by atoms with E-state index in [2.05, 4.69) is 4.90 Å². The number of methoxy groups -OCH3 is 1. The Morgan fingerprint density at radius 1 is 1.13 bits per heavy atom. The molecule has 0 radical (unpaired) electrons. The summed E-state index contributed by atoms with van der Waals surface area (Å²) in [6, 6.07) is 15.1. The van der Waals surface area contributed by atoms with Crippen LogP contribution in [0.2, 0.25) is 0 Å². The summed E-state index contributed by atoms with van der Waals surface area (Å²) in [5, 5.41) is 8.25. The molecule has 0 aliphatic carbocycles. The molecule has 2 aliphatic rings. The summed E-state index contributed by atoms with van der Waals surface area (Å²) < 4.78 is 12.8. The van der Waals surface area contributed by atoms with Crippen LogP contribution < -0.4 is 4.74 Å². The molecule has 1 unspecified atom stereocenters. The molecule has 5 rings (SSSR count). The number of thiophene rings is 1. The van der Waals surface area contributed by atoms with Crippen LogP contribution in [0.3, 0.4) is 0 Å². The third kappa shape index (κ3) is 5.82. The first-order valence-corrected chi connectivity index (χ1v) is 13.7. The van der Waals surface area contributed by atoms with Gasteiger partial charge in [-0.05, 0) is 41.3 Å². The second kappa shape index (κ2) is 11.9. The summed E-state index contributed by atoms with van der Waals surface area (Å²) in [7, 11) is 3.60. The van der Waals surface area contributed by atoms with Crippen LogP contribution in [-0.2, 0) is 16.6 Å². The van der Waals surface area contributed by atoms with Crippen molar-refractivity contribution in [2.24, 2.45) is 12.1 Å². The fourth-order valence-electron chi connectivity index (χ4n) is 4.87. The molecule has 200 valence electrons. The number of carbonyl (C=O) groups excluding carboxylic acids is 2. The molecule has 0 spiro atoms. The number of carbonyl (C=O) groups is 2. The van der Waals surface area contributed by atoms with Crippen LogP contribution in [0.5, 0.6) is 5.75 Å². The molecule has 0 bridgehead atoms. The van der Waals surface area contributed by atoms with Crippen LogP contribution in [-0.4, -0.2) is 89.9 Å². The van der Waals surface area contributed by atoms with E-state index in [1.54, 1.807) is 23.1 Å². The Hall–Kier alpha value is -3.47. The van der Waals surface area contributed by atoms with Crippen LogP contribution in [0.1, 0.15) is 33.4 Å². The minimum Gasteiger partial charge on any atom is -0.497 e. The number of amides is 2. The van der Waals surface area contributed by atoms with E-state index in [-0.39, 0.29) is 24.4 Å². The fraction of sp³-hybridized carbons (Fsp3) is 0.393. The summed E-state index contributed by atoms with van der Waals surface area (Å²) in [4.78, 5) is 31.8. The van der Waals surface area contributed by atoms with Crippen LogP contribution in [0.4, 0.5) is 0 Å². The minimum absolute atomic E-state index is 0.0440. The number of morpholine rings is 1. The Morgan fingerprint density at radius 3 is 2.58 bits per heavy atom. The summed E-state index contributed by atoms with van der Waals surface area (Å²) in [6.45, 7) is 4.12. The highest BCUT2D eigenvalue weighted by Crippen LogP contribution is 2.34. The maximum absolute atomic E-state index is 13.9. The lowest BCUT2D eigenvalue weighted by Crippen LogP contribution is -2.46. The van der Waals surface area contributed by atoms with Gasteiger partial charge in [0.15, 0.2) is 0 Å². The fourth-order valence-corrected chi connectivity index (χ4v) is 5.56. The van der Waals surface area contributed by atoms with Crippen molar-refractivity contribution in [3.8, 4) is 5.75 Å². The Bertz CT molecular complexity index is 1260. The van der Waals surface area contributed by atoms with Gasteiger partial charge in [-0.15, -0.1) is 11.3 Å². The molecule has 0 saturated carbocycles. The molecule has 2 amide bonds. The number of benzene rings is 1. The first kappa shape index (κ1) is 26.1. The van der Waals surface area contributed by atoms with Gasteiger partial charge in [-0.3, -0.25) is 14.5 Å². The van der Waals surface area contributed by atoms with Crippen molar-refractivity contribution in [3.63, 3.8) is 0 Å². The summed E-state index contributed by atoms with van der Waals surface area (Å²) >= 11 is 1.39. The van der Waals surface area contributed by atoms with E-state index < -0.39 is 0 Å². The van der Waals surface area contributed by atoms with Crippen LogP contribution >= 0.6 is 11.3 Å². The van der Waals surface area contributed by atoms with E-state index in [1.807, 2.05) is 65.7 Å². The first-order chi connectivity index (χ1) is 18.5. The SMILES string of the molecule is COc1ccc(C2CC(c3cccn3C)=NN2C(=O)CN(CCN2CCOCC2)C(=O)c2cccs2)cc1. The third-order valence-corrected chi connectivity index (χ3v) is 7.90. The van der Waals surface area contributed by atoms with Gasteiger partial charge in [0.25, 0.3) is 11.8 Å². The number of ether oxygens (including phenoxy) is 2. The second-order valence-corrected chi connectivity index (χ2v) is 10.4. The smallest absolute Gasteiger partial charge is 0.264 e. The molecule has 0 N–H and O–H groups in total. The number of aryl methyl sites for hydroxylation is 1. The van der Waals surface area contributed by atoms with Gasteiger partial charge in [0, 0.05) is 45.8 Å². The van der Waals surface area contributed by atoms with Gasteiger partial charge in [-0.25, -0.2) is 5.01 Å². The van der Waals surface area contributed by atoms with Gasteiger partial charge in [0.05, 0.1) is 42.6 Å². The maximum atomic E-state index is 13.9. The van der Waals surface area contributed by atoms with Crippen molar-refractivity contribution in [1.29, 1.82) is 0 Å². The lowest BCUT2D eigenvalue weighted by Gasteiger charge is -2.31. The van der Waals surface area contributed by atoms with E-state index in [0.29, 0.717) is 37.6 Å². The monoisotopic (exact) mass is 535 g/mol. The number of aromatic nitrogens is 1. The average molecular weight is 536 g/mol. The van der Waals surface area contributed by atoms with E-state index in [1.165, 1.54) is 11.3 Å². The van der Waals surface area contributed by atoms with Crippen LogP contribution in [0.15, 0.2) is 65.2 Å². The van der Waals surface area contributed by atoms with Gasteiger partial charge in [-0.2, -0.15) is 5.10 Å². The molecule has 38 heavy (non-hydrogen) atoms. The zero-order valence-corrected chi connectivity index (χ0v) is 22.6. The number of nitrogens with zero attached hydrogens (tertiary/aromatic N) is 5. The van der Waals surface area contributed by atoms with Gasteiger partial charge in [0.1, 0.15) is 12.3 Å². The highest BCUT2D eigenvalue weighted by Gasteiger charge is 2.35. The van der Waals surface area contributed by atoms with Gasteiger partial charge >= 0.3 is 0 Å². The zero-order valence-electron chi connectivity index (χ0n) is 21.8. The van der Waals surface area contributed by atoms with Crippen molar-refractivity contribution < 1.29 is 19.1 Å². The summed E-state index contributed by atoms with van der Waals surface area (Å²) in [5.41, 5.74) is 2.78. The van der Waals surface area contributed by atoms with Crippen molar-refractivity contribution in [3.05, 3.63) is 76.2 Å². The van der Waals surface area contributed by atoms with Gasteiger partial charge in [-0.1, -0.05) is 18.2 Å². The molecule has 10 heteroatoms. The van der Waals surface area contributed by atoms with Crippen LogP contribution in [0.25, 0.3) is 0 Å². The topological polar surface area (TPSA) is 79.6 Å². The third-order valence-electron chi connectivity index (χ3n) is 7.04. The minimum atomic E-state index is -0.267. The molecule has 1 atom stereocenters. The highest BCUT2D eigenvalue weighted by atomic mass is 32.1. The molecular weight excluding hydrogens is 502 g/mol. The molecule has 1 fully saturated rings. The molecule has 3 aromatic rings. The van der Waals surface area contributed by atoms with E-state index in [4.69, 9.17) is 14.6 Å².